The van der Waals surface area contributed by atoms with Crippen LogP contribution in [0.3, 0.4) is 0 Å². The third kappa shape index (κ3) is 4.91. The Morgan fingerprint density at radius 2 is 1.72 bits per heavy atom. The standard InChI is InChI=1S/C28H23N3O7S/c1-36-19-14-13-18-21(24(19)37-2)27(35)38-23(18)22-25(33)30-28(31(26(22)34)17-11-7-4-8-12-17)39-15-20(32)29-16-9-5-3-6-10-16/h3-14,23,33H,15H2,1-2H3,(H,29,32)/t23-/m1/s1. The Hall–Kier alpha value is -4.77. The van der Waals surface area contributed by atoms with Gasteiger partial charge in [-0.2, -0.15) is 4.98 Å². The Balaban J connectivity index is 1.56. The predicted molar refractivity (Wildman–Crippen MR) is 144 cm³/mol. The van der Waals surface area contributed by atoms with Gasteiger partial charge in [-0.05, 0) is 30.3 Å². The maximum absolute atomic E-state index is 13.9. The van der Waals surface area contributed by atoms with Crippen molar-refractivity contribution in [2.45, 2.75) is 11.3 Å². The van der Waals surface area contributed by atoms with E-state index in [4.69, 9.17) is 14.2 Å². The number of aromatic nitrogens is 2. The van der Waals surface area contributed by atoms with Crippen LogP contribution in [0.5, 0.6) is 17.4 Å². The number of esters is 1. The van der Waals surface area contributed by atoms with E-state index in [9.17, 15) is 19.5 Å². The number of methoxy groups -OCH3 is 2. The van der Waals surface area contributed by atoms with Crippen LogP contribution in [-0.2, 0) is 9.53 Å². The van der Waals surface area contributed by atoms with Crippen molar-refractivity contribution in [2.75, 3.05) is 25.3 Å². The van der Waals surface area contributed by atoms with Gasteiger partial charge in [-0.25, -0.2) is 4.79 Å². The van der Waals surface area contributed by atoms with Crippen molar-refractivity contribution in [3.8, 4) is 23.1 Å². The maximum Gasteiger partial charge on any atom is 0.343 e. The maximum atomic E-state index is 13.9. The highest BCUT2D eigenvalue weighted by atomic mass is 32.2. The van der Waals surface area contributed by atoms with E-state index in [0.29, 0.717) is 22.7 Å². The number of rotatable bonds is 8. The van der Waals surface area contributed by atoms with Crippen LogP contribution in [0.1, 0.15) is 27.6 Å². The molecule has 0 bridgehead atoms. The molecule has 2 N–H and O–H groups in total. The summed E-state index contributed by atoms with van der Waals surface area (Å²) in [6.07, 6.45) is -1.23. The third-order valence-electron chi connectivity index (χ3n) is 6.02. The minimum Gasteiger partial charge on any atom is -0.493 e. The lowest BCUT2D eigenvalue weighted by Gasteiger charge is -2.17. The van der Waals surface area contributed by atoms with E-state index in [2.05, 4.69) is 10.3 Å². The summed E-state index contributed by atoms with van der Waals surface area (Å²) in [6.45, 7) is 0. The molecule has 1 aliphatic heterocycles. The van der Waals surface area contributed by atoms with E-state index in [0.717, 1.165) is 11.8 Å². The number of aromatic hydroxyl groups is 1. The fourth-order valence-corrected chi connectivity index (χ4v) is 5.10. The number of hydrogen-bond donors (Lipinski definition) is 2. The zero-order valence-corrected chi connectivity index (χ0v) is 21.7. The Morgan fingerprint density at radius 3 is 2.38 bits per heavy atom. The van der Waals surface area contributed by atoms with Crippen molar-refractivity contribution in [3.05, 3.63) is 99.8 Å². The monoisotopic (exact) mass is 545 g/mol. The van der Waals surface area contributed by atoms with Gasteiger partial charge in [0.25, 0.3) is 5.56 Å². The molecule has 0 radical (unpaired) electrons. The van der Waals surface area contributed by atoms with Crippen LogP contribution in [0.2, 0.25) is 0 Å². The first kappa shape index (κ1) is 25.9. The number of para-hydroxylation sites is 2. The van der Waals surface area contributed by atoms with E-state index in [1.54, 1.807) is 66.7 Å². The summed E-state index contributed by atoms with van der Waals surface area (Å²) in [5.74, 6) is -1.26. The number of benzene rings is 3. The van der Waals surface area contributed by atoms with Crippen LogP contribution >= 0.6 is 11.8 Å². The minimum absolute atomic E-state index is 0.0782. The van der Waals surface area contributed by atoms with Crippen molar-refractivity contribution in [1.29, 1.82) is 0 Å². The Labute approximate surface area is 227 Å². The minimum atomic E-state index is -1.23. The smallest absolute Gasteiger partial charge is 0.343 e. The van der Waals surface area contributed by atoms with Crippen molar-refractivity contribution >= 4 is 29.3 Å². The van der Waals surface area contributed by atoms with Gasteiger partial charge in [0.1, 0.15) is 11.1 Å². The highest BCUT2D eigenvalue weighted by Crippen LogP contribution is 2.45. The van der Waals surface area contributed by atoms with Crippen LogP contribution in [-0.4, -0.2) is 46.5 Å². The van der Waals surface area contributed by atoms with E-state index >= 15 is 0 Å². The number of carbonyl (C=O) groups is 2. The summed E-state index contributed by atoms with van der Waals surface area (Å²) >= 11 is 0.981. The molecule has 2 heterocycles. The lowest BCUT2D eigenvalue weighted by molar-refractivity contribution is -0.113. The Bertz CT molecular complexity index is 1610. The van der Waals surface area contributed by atoms with Crippen molar-refractivity contribution in [3.63, 3.8) is 0 Å². The highest BCUT2D eigenvalue weighted by Gasteiger charge is 2.40. The van der Waals surface area contributed by atoms with Crippen LogP contribution < -0.4 is 20.3 Å². The highest BCUT2D eigenvalue weighted by molar-refractivity contribution is 7.99. The molecular weight excluding hydrogens is 522 g/mol. The molecule has 0 saturated heterocycles. The fraction of sp³-hybridized carbons (Fsp3) is 0.143. The normalized spacial score (nSPS) is 13.9. The number of ether oxygens (including phenoxy) is 3. The van der Waals surface area contributed by atoms with Crippen LogP contribution in [0, 0.1) is 0 Å². The molecule has 4 aromatic rings. The van der Waals surface area contributed by atoms with Gasteiger partial charge in [-0.3, -0.25) is 14.2 Å². The number of carbonyl (C=O) groups excluding carboxylic acids is 2. The SMILES string of the molecule is COc1ccc2c(c1OC)C(=O)O[C@H]2c1c(O)nc(SCC(=O)Nc2ccccc2)n(-c2ccccc2)c1=O. The molecule has 1 aromatic heterocycles. The molecule has 3 aromatic carbocycles. The Kier molecular flexibility index (Phi) is 7.24. The second-order valence-electron chi connectivity index (χ2n) is 8.36. The lowest BCUT2D eigenvalue weighted by Crippen LogP contribution is -2.28. The third-order valence-corrected chi connectivity index (χ3v) is 6.96. The second kappa shape index (κ2) is 10.9. The molecular formula is C28H23N3O7S. The van der Waals surface area contributed by atoms with Crippen molar-refractivity contribution in [1.82, 2.24) is 9.55 Å². The molecule has 0 aliphatic carbocycles. The van der Waals surface area contributed by atoms with Gasteiger partial charge < -0.3 is 24.6 Å². The number of cyclic esters (lactones) is 1. The van der Waals surface area contributed by atoms with Gasteiger partial charge in [-0.1, -0.05) is 54.2 Å². The zero-order valence-electron chi connectivity index (χ0n) is 20.9. The molecule has 0 fully saturated rings. The molecule has 198 valence electrons. The van der Waals surface area contributed by atoms with Gasteiger partial charge in [-0.15, -0.1) is 0 Å². The summed E-state index contributed by atoms with van der Waals surface area (Å²) in [5, 5.41) is 13.8. The average molecular weight is 546 g/mol. The number of anilines is 1. The second-order valence-corrected chi connectivity index (χ2v) is 9.30. The van der Waals surface area contributed by atoms with E-state index in [-0.39, 0.29) is 33.7 Å². The molecule has 0 saturated carbocycles. The number of fused-ring (bicyclic) bond motifs is 1. The van der Waals surface area contributed by atoms with Gasteiger partial charge in [0, 0.05) is 11.3 Å². The number of nitrogens with zero attached hydrogens (tertiary/aromatic N) is 2. The molecule has 1 amide bonds. The molecule has 11 heteroatoms. The summed E-state index contributed by atoms with van der Waals surface area (Å²) in [4.78, 5) is 43.6. The van der Waals surface area contributed by atoms with Crippen LogP contribution in [0.25, 0.3) is 5.69 Å². The summed E-state index contributed by atoms with van der Waals surface area (Å²) in [6, 6.07) is 20.8. The van der Waals surface area contributed by atoms with Gasteiger partial charge in [0.2, 0.25) is 11.8 Å². The average Bonchev–Trinajstić information content (AvgIpc) is 3.28. The number of hydrogen-bond acceptors (Lipinski definition) is 9. The predicted octanol–water partition coefficient (Wildman–Crippen LogP) is 3.95. The van der Waals surface area contributed by atoms with Gasteiger partial charge in [0.15, 0.2) is 22.8 Å². The quantitative estimate of drug-likeness (QED) is 0.192. The number of nitrogens with one attached hydrogen (secondary N) is 1. The fourth-order valence-electron chi connectivity index (χ4n) is 4.30. The first-order valence-electron chi connectivity index (χ1n) is 11.8. The van der Waals surface area contributed by atoms with Crippen LogP contribution in [0.4, 0.5) is 5.69 Å². The van der Waals surface area contributed by atoms with E-state index < -0.39 is 23.5 Å². The molecule has 5 rings (SSSR count). The summed E-state index contributed by atoms with van der Waals surface area (Å²) in [7, 11) is 2.83. The van der Waals surface area contributed by atoms with Gasteiger partial charge >= 0.3 is 5.97 Å². The first-order chi connectivity index (χ1) is 18.9. The van der Waals surface area contributed by atoms with Crippen molar-refractivity contribution < 1.29 is 28.9 Å². The Morgan fingerprint density at radius 1 is 1.03 bits per heavy atom. The summed E-state index contributed by atoms with van der Waals surface area (Å²) in [5.41, 5.74) is 0.635. The lowest BCUT2D eigenvalue weighted by atomic mass is 9.99. The van der Waals surface area contributed by atoms with Crippen molar-refractivity contribution in [2.24, 2.45) is 0 Å². The molecule has 0 unspecified atom stereocenters. The molecule has 0 spiro atoms. The van der Waals surface area contributed by atoms with Crippen LogP contribution in [0.15, 0.2) is 82.7 Å². The molecule has 1 atom stereocenters. The number of thioether (sulfide) groups is 1. The molecule has 10 nitrogen and oxygen atoms in total. The van der Waals surface area contributed by atoms with E-state index in [1.807, 2.05) is 6.07 Å². The molecule has 39 heavy (non-hydrogen) atoms. The molecule has 1 aliphatic rings. The van der Waals surface area contributed by atoms with Gasteiger partial charge in [0.05, 0.1) is 25.7 Å². The number of amides is 1. The first-order valence-corrected chi connectivity index (χ1v) is 12.8. The largest absolute Gasteiger partial charge is 0.493 e. The topological polar surface area (TPSA) is 129 Å². The van der Waals surface area contributed by atoms with E-state index in [1.165, 1.54) is 18.8 Å². The zero-order chi connectivity index (χ0) is 27.5. The summed E-state index contributed by atoms with van der Waals surface area (Å²) < 4.78 is 17.5.